The summed E-state index contributed by atoms with van der Waals surface area (Å²) in [5, 5.41) is 7.76. The fourth-order valence-electron chi connectivity index (χ4n) is 2.58. The van der Waals surface area contributed by atoms with Gasteiger partial charge in [0.1, 0.15) is 11.6 Å². The first-order valence-electron chi connectivity index (χ1n) is 7.24. The van der Waals surface area contributed by atoms with E-state index in [1.165, 1.54) is 12.1 Å². The summed E-state index contributed by atoms with van der Waals surface area (Å²) in [5.41, 5.74) is 2.41. The normalized spacial score (nSPS) is 12.6. The highest BCUT2D eigenvalue weighted by Crippen LogP contribution is 2.23. The van der Waals surface area contributed by atoms with Gasteiger partial charge in [0.05, 0.1) is 5.69 Å². The van der Waals surface area contributed by atoms with E-state index in [0.29, 0.717) is 12.0 Å². The van der Waals surface area contributed by atoms with Crippen LogP contribution in [-0.2, 0) is 19.9 Å². The zero-order valence-corrected chi connectivity index (χ0v) is 12.7. The third kappa shape index (κ3) is 3.67. The van der Waals surface area contributed by atoms with Crippen LogP contribution < -0.4 is 5.32 Å². The molecule has 0 fully saturated rings. The number of benzene rings is 1. The van der Waals surface area contributed by atoms with Gasteiger partial charge in [0, 0.05) is 24.8 Å². The van der Waals surface area contributed by atoms with Gasteiger partial charge in [-0.05, 0) is 43.1 Å². The predicted octanol–water partition coefficient (Wildman–Crippen LogP) is 3.15. The molecule has 0 radical (unpaired) electrons. The van der Waals surface area contributed by atoms with E-state index in [1.54, 1.807) is 4.68 Å². The highest BCUT2D eigenvalue weighted by molar-refractivity contribution is 5.26. The first kappa shape index (κ1) is 15.6. The monoisotopic (exact) mass is 293 g/mol. The van der Waals surface area contributed by atoms with Crippen molar-refractivity contribution in [2.24, 2.45) is 7.05 Å². The average Bonchev–Trinajstić information content (AvgIpc) is 2.83. The van der Waals surface area contributed by atoms with Crippen LogP contribution in [0.4, 0.5) is 8.78 Å². The molecule has 1 unspecified atom stereocenters. The quantitative estimate of drug-likeness (QED) is 0.886. The van der Waals surface area contributed by atoms with Crippen LogP contribution in [0.5, 0.6) is 0 Å². The lowest BCUT2D eigenvalue weighted by Crippen LogP contribution is -2.24. The molecule has 1 N–H and O–H groups in total. The summed E-state index contributed by atoms with van der Waals surface area (Å²) in [6.07, 6.45) is 3.16. The summed E-state index contributed by atoms with van der Waals surface area (Å²) in [4.78, 5) is 0. The molecule has 2 aromatic rings. The van der Waals surface area contributed by atoms with Gasteiger partial charge >= 0.3 is 0 Å². The van der Waals surface area contributed by atoms with Crippen molar-refractivity contribution in [1.29, 1.82) is 0 Å². The standard InChI is InChI=1S/C16H21F2N3/c1-4-15-13(10-21(3)20-15)16(19-5-2)9-11-8-12(17)6-7-14(11)18/h6-8,10,16,19H,4-5,9H2,1-3H3. The fraction of sp³-hybridized carbons (Fsp3) is 0.438. The molecule has 114 valence electrons. The van der Waals surface area contributed by atoms with Crippen molar-refractivity contribution in [2.45, 2.75) is 32.7 Å². The fourth-order valence-corrected chi connectivity index (χ4v) is 2.58. The highest BCUT2D eigenvalue weighted by atomic mass is 19.1. The Hall–Kier alpha value is -1.75. The number of nitrogens with zero attached hydrogens (tertiary/aromatic N) is 2. The maximum Gasteiger partial charge on any atom is 0.126 e. The van der Waals surface area contributed by atoms with Crippen LogP contribution in [-0.4, -0.2) is 16.3 Å². The lowest BCUT2D eigenvalue weighted by atomic mass is 9.98. The summed E-state index contributed by atoms with van der Waals surface area (Å²) in [6, 6.07) is 3.51. The number of likely N-dealkylation sites (N-methyl/N-ethyl adjacent to an activating group) is 1. The molecule has 0 aliphatic rings. The van der Waals surface area contributed by atoms with Crippen molar-refractivity contribution in [1.82, 2.24) is 15.1 Å². The topological polar surface area (TPSA) is 29.9 Å². The van der Waals surface area contributed by atoms with Gasteiger partial charge in [-0.1, -0.05) is 13.8 Å². The second-order valence-electron chi connectivity index (χ2n) is 5.11. The second-order valence-corrected chi connectivity index (χ2v) is 5.11. The Kier molecular flexibility index (Phi) is 5.07. The number of hydrogen-bond acceptors (Lipinski definition) is 2. The summed E-state index contributed by atoms with van der Waals surface area (Å²) < 4.78 is 29.0. The van der Waals surface area contributed by atoms with Gasteiger partial charge in [0.15, 0.2) is 0 Å². The van der Waals surface area contributed by atoms with Crippen LogP contribution in [0.2, 0.25) is 0 Å². The number of aromatic nitrogens is 2. The second kappa shape index (κ2) is 6.80. The Bertz CT molecular complexity index is 608. The molecule has 0 saturated carbocycles. The maximum absolute atomic E-state index is 13.9. The first-order chi connectivity index (χ1) is 10.0. The van der Waals surface area contributed by atoms with Gasteiger partial charge in [-0.2, -0.15) is 5.10 Å². The summed E-state index contributed by atoms with van der Waals surface area (Å²) in [5.74, 6) is -0.787. The van der Waals surface area contributed by atoms with Crippen LogP contribution in [0.1, 0.15) is 36.7 Å². The van der Waals surface area contributed by atoms with E-state index in [-0.39, 0.29) is 11.9 Å². The molecule has 5 heteroatoms. The molecule has 3 nitrogen and oxygen atoms in total. The predicted molar refractivity (Wildman–Crippen MR) is 79.1 cm³/mol. The van der Waals surface area contributed by atoms with E-state index in [1.807, 2.05) is 27.1 Å². The van der Waals surface area contributed by atoms with Crippen molar-refractivity contribution < 1.29 is 8.78 Å². The van der Waals surface area contributed by atoms with Crippen molar-refractivity contribution in [2.75, 3.05) is 6.54 Å². The van der Waals surface area contributed by atoms with Crippen molar-refractivity contribution in [3.63, 3.8) is 0 Å². The number of rotatable bonds is 6. The van der Waals surface area contributed by atoms with E-state index in [2.05, 4.69) is 10.4 Å². The minimum Gasteiger partial charge on any atom is -0.310 e. The number of nitrogens with one attached hydrogen (secondary N) is 1. The van der Waals surface area contributed by atoms with Crippen LogP contribution in [0.25, 0.3) is 0 Å². The van der Waals surface area contributed by atoms with E-state index < -0.39 is 5.82 Å². The Morgan fingerprint density at radius 2 is 2.05 bits per heavy atom. The lowest BCUT2D eigenvalue weighted by Gasteiger charge is -2.18. The van der Waals surface area contributed by atoms with Crippen LogP contribution in [0, 0.1) is 11.6 Å². The van der Waals surface area contributed by atoms with Crippen LogP contribution in [0.3, 0.4) is 0 Å². The molecule has 1 aromatic carbocycles. The van der Waals surface area contributed by atoms with Gasteiger partial charge in [-0.25, -0.2) is 8.78 Å². The minimum atomic E-state index is -0.413. The van der Waals surface area contributed by atoms with Gasteiger partial charge in [-0.15, -0.1) is 0 Å². The molecule has 0 amide bonds. The number of aryl methyl sites for hydroxylation is 2. The van der Waals surface area contributed by atoms with Gasteiger partial charge in [0.2, 0.25) is 0 Å². The third-order valence-electron chi connectivity index (χ3n) is 3.53. The molecule has 0 aliphatic heterocycles. The van der Waals surface area contributed by atoms with Crippen molar-refractivity contribution >= 4 is 0 Å². The van der Waals surface area contributed by atoms with E-state index in [0.717, 1.165) is 30.3 Å². The first-order valence-corrected chi connectivity index (χ1v) is 7.24. The third-order valence-corrected chi connectivity index (χ3v) is 3.53. The Morgan fingerprint density at radius 3 is 2.71 bits per heavy atom. The molecule has 0 bridgehead atoms. The van der Waals surface area contributed by atoms with Gasteiger partial charge < -0.3 is 5.32 Å². The molecule has 0 aliphatic carbocycles. The molecular formula is C16H21F2N3. The molecular weight excluding hydrogens is 272 g/mol. The molecule has 2 rings (SSSR count). The van der Waals surface area contributed by atoms with Crippen LogP contribution >= 0.6 is 0 Å². The largest absolute Gasteiger partial charge is 0.310 e. The maximum atomic E-state index is 13.9. The summed E-state index contributed by atoms with van der Waals surface area (Å²) in [7, 11) is 1.87. The number of halogens is 2. The molecule has 1 aromatic heterocycles. The Balaban J connectivity index is 2.32. The summed E-state index contributed by atoms with van der Waals surface area (Å²) >= 11 is 0. The van der Waals surface area contributed by atoms with E-state index in [9.17, 15) is 8.78 Å². The summed E-state index contributed by atoms with van der Waals surface area (Å²) in [6.45, 7) is 4.79. The van der Waals surface area contributed by atoms with Gasteiger partial charge in [0.25, 0.3) is 0 Å². The van der Waals surface area contributed by atoms with E-state index in [4.69, 9.17) is 0 Å². The molecule has 1 heterocycles. The van der Waals surface area contributed by atoms with Crippen LogP contribution in [0.15, 0.2) is 24.4 Å². The van der Waals surface area contributed by atoms with Crippen molar-refractivity contribution in [3.05, 3.63) is 52.9 Å². The molecule has 1 atom stereocenters. The Labute approximate surface area is 124 Å². The number of hydrogen-bond donors (Lipinski definition) is 1. The zero-order chi connectivity index (χ0) is 15.4. The minimum absolute atomic E-state index is 0.0741. The van der Waals surface area contributed by atoms with Crippen molar-refractivity contribution in [3.8, 4) is 0 Å². The highest BCUT2D eigenvalue weighted by Gasteiger charge is 2.19. The molecule has 21 heavy (non-hydrogen) atoms. The lowest BCUT2D eigenvalue weighted by molar-refractivity contribution is 0.519. The Morgan fingerprint density at radius 1 is 1.29 bits per heavy atom. The average molecular weight is 293 g/mol. The zero-order valence-electron chi connectivity index (χ0n) is 12.7. The SMILES string of the molecule is CCNC(Cc1cc(F)ccc1F)c1cn(C)nc1CC. The smallest absolute Gasteiger partial charge is 0.126 e. The van der Waals surface area contributed by atoms with E-state index >= 15 is 0 Å². The molecule has 0 saturated heterocycles. The molecule has 0 spiro atoms. The van der Waals surface area contributed by atoms with Gasteiger partial charge in [-0.3, -0.25) is 4.68 Å².